The Kier molecular flexibility index (Phi) is 4.81. The molecule has 0 aliphatic carbocycles. The highest BCUT2D eigenvalue weighted by Crippen LogP contribution is 2.33. The molecule has 1 saturated heterocycles. The molecule has 2 atom stereocenters. The number of methoxy groups -OCH3 is 2. The first-order chi connectivity index (χ1) is 13.5. The molecule has 0 aromatic heterocycles. The van der Waals surface area contributed by atoms with Gasteiger partial charge in [-0.05, 0) is 31.2 Å². The molecule has 6 heteroatoms. The summed E-state index contributed by atoms with van der Waals surface area (Å²) in [5, 5.41) is 0. The van der Waals surface area contributed by atoms with Crippen molar-refractivity contribution in [1.29, 1.82) is 0 Å². The van der Waals surface area contributed by atoms with Gasteiger partial charge in [0.15, 0.2) is 6.67 Å². The molecule has 2 heterocycles. The number of quaternary nitrogens is 1. The highest BCUT2D eigenvalue weighted by atomic mass is 16.5. The molecule has 1 fully saturated rings. The van der Waals surface area contributed by atoms with Gasteiger partial charge in [-0.2, -0.15) is 0 Å². The predicted molar refractivity (Wildman–Crippen MR) is 105 cm³/mol. The molecule has 0 saturated carbocycles. The highest BCUT2D eigenvalue weighted by Gasteiger charge is 2.41. The summed E-state index contributed by atoms with van der Waals surface area (Å²) < 4.78 is 10.9. The lowest BCUT2D eigenvalue weighted by atomic mass is 10.0. The number of nitrogens with one attached hydrogen (secondary N) is 1. The molecular weight excluding hydrogens is 356 g/mol. The number of hydrogen-bond donors (Lipinski definition) is 1. The third-order valence-electron chi connectivity index (χ3n) is 5.79. The molecule has 2 aromatic rings. The van der Waals surface area contributed by atoms with Crippen LogP contribution in [0.25, 0.3) is 0 Å². The third-order valence-corrected chi connectivity index (χ3v) is 5.79. The van der Waals surface area contributed by atoms with E-state index in [0.717, 1.165) is 47.7 Å². The number of carbonyl (C=O) groups excluding carboxylic acids is 2. The summed E-state index contributed by atoms with van der Waals surface area (Å²) in [4.78, 5) is 28.0. The smallest absolute Gasteiger partial charge is 0.303 e. The number of Topliss-reactive ketones (excluding diaryl/α,β-unsaturated/α-hetero) is 1. The van der Waals surface area contributed by atoms with Gasteiger partial charge in [0.05, 0.1) is 37.6 Å². The summed E-state index contributed by atoms with van der Waals surface area (Å²) in [5.41, 5.74) is 3.33. The summed E-state index contributed by atoms with van der Waals surface area (Å²) in [7, 11) is 3.30. The number of ether oxygens (including phenoxy) is 2. The molecule has 1 amide bonds. The van der Waals surface area contributed by atoms with Gasteiger partial charge in [0, 0.05) is 18.9 Å². The van der Waals surface area contributed by atoms with Gasteiger partial charge in [-0.25, -0.2) is 0 Å². The lowest BCUT2D eigenvalue weighted by Crippen LogP contribution is -3.12. The van der Waals surface area contributed by atoms with Crippen LogP contribution >= 0.6 is 0 Å². The van der Waals surface area contributed by atoms with E-state index < -0.39 is 11.7 Å². The van der Waals surface area contributed by atoms with Crippen LogP contribution in [-0.2, 0) is 4.79 Å². The van der Waals surface area contributed by atoms with E-state index in [1.807, 2.05) is 37.3 Å². The van der Waals surface area contributed by atoms with Gasteiger partial charge in [-0.1, -0.05) is 11.6 Å². The van der Waals surface area contributed by atoms with Crippen LogP contribution in [0, 0.1) is 6.92 Å². The van der Waals surface area contributed by atoms with Crippen molar-refractivity contribution in [2.24, 2.45) is 0 Å². The summed E-state index contributed by atoms with van der Waals surface area (Å²) in [5.74, 6) is 0.713. The Labute approximate surface area is 164 Å². The van der Waals surface area contributed by atoms with Crippen LogP contribution in [0.15, 0.2) is 36.4 Å². The molecule has 4 rings (SSSR count). The van der Waals surface area contributed by atoms with Crippen molar-refractivity contribution in [3.8, 4) is 11.5 Å². The SMILES string of the molecule is COc1ccc([C@H]2CCC[NH+]2CN2C(=O)C(=O)c3cc(C)ccc32)c(OC)c1. The van der Waals surface area contributed by atoms with Crippen molar-refractivity contribution in [3.05, 3.63) is 53.1 Å². The molecule has 2 aliphatic heterocycles. The van der Waals surface area contributed by atoms with E-state index in [1.54, 1.807) is 25.2 Å². The average molecular weight is 381 g/mol. The van der Waals surface area contributed by atoms with Crippen LogP contribution in [0.5, 0.6) is 11.5 Å². The van der Waals surface area contributed by atoms with E-state index in [1.165, 1.54) is 4.90 Å². The highest BCUT2D eigenvalue weighted by molar-refractivity contribution is 6.52. The van der Waals surface area contributed by atoms with E-state index in [2.05, 4.69) is 0 Å². The Morgan fingerprint density at radius 2 is 1.93 bits per heavy atom. The van der Waals surface area contributed by atoms with Crippen molar-refractivity contribution in [3.63, 3.8) is 0 Å². The van der Waals surface area contributed by atoms with Crippen LogP contribution < -0.4 is 19.3 Å². The maximum absolute atomic E-state index is 12.6. The molecule has 1 unspecified atom stereocenters. The standard InChI is InChI=1S/C22H24N2O4/c1-14-6-9-19-17(11-14)21(25)22(26)24(19)13-23-10-4-5-18(23)16-8-7-15(27-2)12-20(16)28-3/h6-9,11-12,18H,4-5,10,13H2,1-3H3/p+1/t18-/m1/s1. The number of ketones is 1. The van der Waals surface area contributed by atoms with Gasteiger partial charge in [0.25, 0.3) is 5.78 Å². The van der Waals surface area contributed by atoms with Crippen molar-refractivity contribution in [2.45, 2.75) is 25.8 Å². The quantitative estimate of drug-likeness (QED) is 0.804. The molecule has 0 radical (unpaired) electrons. The minimum Gasteiger partial charge on any atom is -0.497 e. The van der Waals surface area contributed by atoms with Crippen molar-refractivity contribution >= 4 is 17.4 Å². The monoisotopic (exact) mass is 381 g/mol. The summed E-state index contributed by atoms with van der Waals surface area (Å²) in [6, 6.07) is 11.7. The van der Waals surface area contributed by atoms with Crippen molar-refractivity contribution < 1.29 is 24.0 Å². The Morgan fingerprint density at radius 3 is 2.68 bits per heavy atom. The summed E-state index contributed by atoms with van der Waals surface area (Å²) in [6.45, 7) is 3.35. The van der Waals surface area contributed by atoms with E-state index in [9.17, 15) is 9.59 Å². The molecule has 0 bridgehead atoms. The Bertz CT molecular complexity index is 940. The second kappa shape index (κ2) is 7.28. The Morgan fingerprint density at radius 1 is 1.11 bits per heavy atom. The molecule has 6 nitrogen and oxygen atoms in total. The minimum atomic E-state index is -0.430. The summed E-state index contributed by atoms with van der Waals surface area (Å²) in [6.07, 6.45) is 2.07. The van der Waals surface area contributed by atoms with Gasteiger partial charge in [-0.3, -0.25) is 14.5 Å². The molecule has 28 heavy (non-hydrogen) atoms. The van der Waals surface area contributed by atoms with Gasteiger partial charge < -0.3 is 14.4 Å². The number of benzene rings is 2. The lowest BCUT2D eigenvalue weighted by molar-refractivity contribution is -0.917. The zero-order valence-corrected chi connectivity index (χ0v) is 16.5. The average Bonchev–Trinajstić information content (AvgIpc) is 3.26. The van der Waals surface area contributed by atoms with Gasteiger partial charge in [-0.15, -0.1) is 0 Å². The number of hydrogen-bond acceptors (Lipinski definition) is 4. The number of aryl methyl sites for hydroxylation is 1. The number of amides is 1. The fourth-order valence-corrected chi connectivity index (χ4v) is 4.36. The lowest BCUT2D eigenvalue weighted by Gasteiger charge is -2.27. The number of carbonyl (C=O) groups is 2. The van der Waals surface area contributed by atoms with Crippen LogP contribution in [-0.4, -0.2) is 39.1 Å². The topological polar surface area (TPSA) is 60.3 Å². The van der Waals surface area contributed by atoms with Gasteiger partial charge in [0.2, 0.25) is 0 Å². The zero-order chi connectivity index (χ0) is 19.8. The first-order valence-electron chi connectivity index (χ1n) is 9.57. The van der Waals surface area contributed by atoms with Crippen molar-refractivity contribution in [1.82, 2.24) is 0 Å². The number of rotatable bonds is 5. The molecule has 2 aromatic carbocycles. The Balaban J connectivity index is 1.62. The number of nitrogens with zero attached hydrogens (tertiary/aromatic N) is 1. The normalized spacial score (nSPS) is 21.2. The zero-order valence-electron chi connectivity index (χ0n) is 16.5. The molecule has 1 N–H and O–H groups in total. The maximum atomic E-state index is 12.6. The number of anilines is 1. The second-order valence-electron chi connectivity index (χ2n) is 7.45. The molecule has 146 valence electrons. The van der Waals surface area contributed by atoms with E-state index in [0.29, 0.717) is 12.2 Å². The van der Waals surface area contributed by atoms with E-state index in [-0.39, 0.29) is 6.04 Å². The molecule has 2 aliphatic rings. The number of likely N-dealkylation sites (tertiary alicyclic amines) is 1. The van der Waals surface area contributed by atoms with Crippen LogP contribution in [0.4, 0.5) is 5.69 Å². The maximum Gasteiger partial charge on any atom is 0.303 e. The van der Waals surface area contributed by atoms with Crippen LogP contribution in [0.1, 0.15) is 40.4 Å². The second-order valence-corrected chi connectivity index (χ2v) is 7.45. The summed E-state index contributed by atoms with van der Waals surface area (Å²) >= 11 is 0. The molecular formula is C22H25N2O4+. The van der Waals surface area contributed by atoms with E-state index >= 15 is 0 Å². The van der Waals surface area contributed by atoms with Gasteiger partial charge >= 0.3 is 5.91 Å². The first kappa shape index (κ1) is 18.5. The fraction of sp³-hybridized carbons (Fsp3) is 0.364. The predicted octanol–water partition coefficient (Wildman–Crippen LogP) is 1.92. The van der Waals surface area contributed by atoms with E-state index in [4.69, 9.17) is 9.47 Å². The first-order valence-corrected chi connectivity index (χ1v) is 9.57. The minimum absolute atomic E-state index is 0.207. The van der Waals surface area contributed by atoms with Crippen LogP contribution in [0.3, 0.4) is 0 Å². The third kappa shape index (κ3) is 3.03. The fourth-order valence-electron chi connectivity index (χ4n) is 4.36. The van der Waals surface area contributed by atoms with Crippen LogP contribution in [0.2, 0.25) is 0 Å². The number of fused-ring (bicyclic) bond motifs is 1. The molecule has 0 spiro atoms. The van der Waals surface area contributed by atoms with Crippen molar-refractivity contribution in [2.75, 3.05) is 32.3 Å². The largest absolute Gasteiger partial charge is 0.497 e. The Hall–Kier alpha value is -2.86. The van der Waals surface area contributed by atoms with Gasteiger partial charge in [0.1, 0.15) is 17.5 Å².